The lowest BCUT2D eigenvalue weighted by atomic mass is 10.1. The maximum atomic E-state index is 13.2. The van der Waals surface area contributed by atoms with Crippen molar-refractivity contribution in [1.29, 1.82) is 0 Å². The highest BCUT2D eigenvalue weighted by molar-refractivity contribution is 6.11. The lowest BCUT2D eigenvalue weighted by molar-refractivity contribution is -0.114. The number of anilines is 1. The van der Waals surface area contributed by atoms with Gasteiger partial charge in [0.2, 0.25) is 11.5 Å². The Morgan fingerprint density at radius 1 is 0.710 bits per heavy atom. The van der Waals surface area contributed by atoms with E-state index in [0.29, 0.717) is 58.7 Å². The summed E-state index contributed by atoms with van der Waals surface area (Å²) in [4.78, 5) is 14.8. The van der Waals surface area contributed by atoms with Gasteiger partial charge in [0.15, 0.2) is 23.0 Å². The number of amides is 1. The van der Waals surface area contributed by atoms with Crippen molar-refractivity contribution >= 4 is 17.7 Å². The molecule has 1 aliphatic heterocycles. The van der Waals surface area contributed by atoms with Crippen molar-refractivity contribution in [3.63, 3.8) is 0 Å². The van der Waals surface area contributed by atoms with Crippen LogP contribution in [0.2, 0.25) is 0 Å². The molecule has 0 unspecified atom stereocenters. The Morgan fingerprint density at radius 2 is 1.16 bits per heavy atom. The van der Waals surface area contributed by atoms with Gasteiger partial charge in [-0.1, -0.05) is 0 Å². The first-order chi connectivity index (χ1) is 15.0. The van der Waals surface area contributed by atoms with Gasteiger partial charge in [-0.05, 0) is 30.2 Å². The Bertz CT molecular complexity index is 949. The zero-order valence-electron chi connectivity index (χ0n) is 18.6. The summed E-state index contributed by atoms with van der Waals surface area (Å²) in [6.07, 6.45) is 2.43. The predicted molar refractivity (Wildman–Crippen MR) is 117 cm³/mol. The molecule has 2 aromatic rings. The topological polar surface area (TPSA) is 75.7 Å². The van der Waals surface area contributed by atoms with Crippen LogP contribution in [0.1, 0.15) is 12.0 Å². The van der Waals surface area contributed by atoms with Gasteiger partial charge in [0, 0.05) is 24.3 Å². The zero-order valence-corrected chi connectivity index (χ0v) is 18.6. The van der Waals surface area contributed by atoms with E-state index in [1.807, 2.05) is 18.2 Å². The number of carbonyl (C=O) groups is 1. The van der Waals surface area contributed by atoms with Crippen molar-refractivity contribution in [2.24, 2.45) is 0 Å². The van der Waals surface area contributed by atoms with Gasteiger partial charge in [-0.15, -0.1) is 0 Å². The molecule has 1 fully saturated rings. The molecule has 1 aliphatic rings. The average Bonchev–Trinajstić information content (AvgIpc) is 3.16. The standard InChI is InChI=1S/C23H27NO7/c1-26-17-10-14(11-18(27-2)21(17)30-5)9-15-7-8-24(23(15)25)16-12-19(28-3)22(31-6)20(13-16)29-4/h9-13H,7-8H2,1-6H3. The SMILES string of the molecule is COc1cc(C=C2CCN(c3cc(OC)c(OC)c(OC)c3)C2=O)cc(OC)c1OC. The van der Waals surface area contributed by atoms with Gasteiger partial charge in [-0.2, -0.15) is 0 Å². The molecule has 31 heavy (non-hydrogen) atoms. The molecule has 3 rings (SSSR count). The first kappa shape index (κ1) is 22.1. The molecule has 0 aromatic heterocycles. The van der Waals surface area contributed by atoms with Crippen LogP contribution in [0, 0.1) is 0 Å². The van der Waals surface area contributed by atoms with Crippen LogP contribution in [0.5, 0.6) is 34.5 Å². The third-order valence-corrected chi connectivity index (χ3v) is 5.11. The number of carbonyl (C=O) groups excluding carboxylic acids is 1. The molecule has 1 heterocycles. The van der Waals surface area contributed by atoms with E-state index in [0.717, 1.165) is 5.56 Å². The minimum atomic E-state index is -0.0944. The Morgan fingerprint density at radius 3 is 1.58 bits per heavy atom. The van der Waals surface area contributed by atoms with E-state index in [-0.39, 0.29) is 5.91 Å². The minimum Gasteiger partial charge on any atom is -0.493 e. The summed E-state index contributed by atoms with van der Waals surface area (Å²) in [6, 6.07) is 7.15. The first-order valence-electron chi connectivity index (χ1n) is 9.63. The van der Waals surface area contributed by atoms with Crippen molar-refractivity contribution in [2.75, 3.05) is 54.1 Å². The lowest BCUT2D eigenvalue weighted by Gasteiger charge is -2.19. The molecule has 8 heteroatoms. The molecular weight excluding hydrogens is 402 g/mol. The Kier molecular flexibility index (Phi) is 6.79. The van der Waals surface area contributed by atoms with Gasteiger partial charge in [0.25, 0.3) is 5.91 Å². The smallest absolute Gasteiger partial charge is 0.254 e. The fourth-order valence-electron chi connectivity index (χ4n) is 3.60. The molecule has 1 amide bonds. The van der Waals surface area contributed by atoms with Crippen LogP contribution in [-0.2, 0) is 4.79 Å². The minimum absolute atomic E-state index is 0.0944. The van der Waals surface area contributed by atoms with Crippen molar-refractivity contribution in [2.45, 2.75) is 6.42 Å². The van der Waals surface area contributed by atoms with Crippen molar-refractivity contribution in [3.8, 4) is 34.5 Å². The largest absolute Gasteiger partial charge is 0.493 e. The average molecular weight is 429 g/mol. The highest BCUT2D eigenvalue weighted by Crippen LogP contribution is 2.43. The molecule has 8 nitrogen and oxygen atoms in total. The number of hydrogen-bond donors (Lipinski definition) is 0. The number of rotatable bonds is 8. The maximum absolute atomic E-state index is 13.2. The molecule has 0 radical (unpaired) electrons. The summed E-state index contributed by atoms with van der Waals surface area (Å²) in [5.74, 6) is 2.93. The summed E-state index contributed by atoms with van der Waals surface area (Å²) in [7, 11) is 9.29. The third-order valence-electron chi connectivity index (χ3n) is 5.11. The molecule has 0 N–H and O–H groups in total. The number of benzene rings is 2. The van der Waals surface area contributed by atoms with E-state index in [1.54, 1.807) is 59.7 Å². The molecular formula is C23H27NO7. The second kappa shape index (κ2) is 9.51. The van der Waals surface area contributed by atoms with Gasteiger partial charge < -0.3 is 33.3 Å². The maximum Gasteiger partial charge on any atom is 0.254 e. The van der Waals surface area contributed by atoms with Crippen molar-refractivity contribution in [3.05, 3.63) is 35.4 Å². The first-order valence-corrected chi connectivity index (χ1v) is 9.63. The molecule has 0 spiro atoms. The van der Waals surface area contributed by atoms with E-state index >= 15 is 0 Å². The van der Waals surface area contributed by atoms with Crippen molar-refractivity contribution < 1.29 is 33.2 Å². The molecule has 0 atom stereocenters. The summed E-state index contributed by atoms with van der Waals surface area (Å²) in [6.45, 7) is 0.535. The van der Waals surface area contributed by atoms with Gasteiger partial charge in [0.1, 0.15) is 0 Å². The second-order valence-corrected chi connectivity index (χ2v) is 6.72. The fourth-order valence-corrected chi connectivity index (χ4v) is 3.60. The summed E-state index contributed by atoms with van der Waals surface area (Å²) < 4.78 is 32.4. The van der Waals surface area contributed by atoms with Crippen LogP contribution in [0.4, 0.5) is 5.69 Å². The van der Waals surface area contributed by atoms with Gasteiger partial charge in [-0.3, -0.25) is 4.79 Å². The molecule has 2 aromatic carbocycles. The molecule has 0 saturated carbocycles. The van der Waals surface area contributed by atoms with Crippen LogP contribution in [0.3, 0.4) is 0 Å². The van der Waals surface area contributed by atoms with E-state index in [4.69, 9.17) is 28.4 Å². The van der Waals surface area contributed by atoms with Crippen molar-refractivity contribution in [1.82, 2.24) is 0 Å². The quantitative estimate of drug-likeness (QED) is 0.594. The Balaban J connectivity index is 1.96. The van der Waals surface area contributed by atoms with E-state index in [9.17, 15) is 4.79 Å². The van der Waals surface area contributed by atoms with Gasteiger partial charge >= 0.3 is 0 Å². The Labute approximate surface area is 181 Å². The van der Waals surface area contributed by atoms with E-state index in [1.165, 1.54) is 0 Å². The zero-order chi connectivity index (χ0) is 22.5. The van der Waals surface area contributed by atoms with E-state index in [2.05, 4.69) is 0 Å². The highest BCUT2D eigenvalue weighted by atomic mass is 16.5. The monoisotopic (exact) mass is 429 g/mol. The number of hydrogen-bond acceptors (Lipinski definition) is 7. The summed E-state index contributed by atoms with van der Waals surface area (Å²) >= 11 is 0. The van der Waals surface area contributed by atoms with Crippen LogP contribution in [-0.4, -0.2) is 55.1 Å². The summed E-state index contributed by atoms with van der Waals surface area (Å²) in [5, 5.41) is 0. The van der Waals surface area contributed by atoms with Crippen LogP contribution in [0.25, 0.3) is 6.08 Å². The number of methoxy groups -OCH3 is 6. The lowest BCUT2D eigenvalue weighted by Crippen LogP contribution is -2.24. The Hall–Kier alpha value is -3.55. The fraction of sp³-hybridized carbons (Fsp3) is 0.348. The number of nitrogens with zero attached hydrogens (tertiary/aromatic N) is 1. The normalized spacial score (nSPS) is 14.6. The van der Waals surface area contributed by atoms with Gasteiger partial charge in [0.05, 0.1) is 48.3 Å². The summed E-state index contributed by atoms with van der Waals surface area (Å²) in [5.41, 5.74) is 2.13. The van der Waals surface area contributed by atoms with E-state index < -0.39 is 0 Å². The number of ether oxygens (including phenoxy) is 6. The molecule has 1 saturated heterocycles. The van der Waals surface area contributed by atoms with Crippen LogP contribution in [0.15, 0.2) is 29.8 Å². The van der Waals surface area contributed by atoms with Crippen LogP contribution >= 0.6 is 0 Å². The molecule has 0 aliphatic carbocycles. The highest BCUT2D eigenvalue weighted by Gasteiger charge is 2.29. The molecule has 166 valence electrons. The third kappa shape index (κ3) is 4.19. The van der Waals surface area contributed by atoms with Gasteiger partial charge in [-0.25, -0.2) is 0 Å². The predicted octanol–water partition coefficient (Wildman–Crippen LogP) is 3.56. The van der Waals surface area contributed by atoms with Crippen LogP contribution < -0.4 is 33.3 Å². The second-order valence-electron chi connectivity index (χ2n) is 6.72. The molecule has 0 bridgehead atoms.